The van der Waals surface area contributed by atoms with Crippen molar-refractivity contribution in [2.24, 2.45) is 0 Å². The molecule has 0 radical (unpaired) electrons. The standard InChI is InChI=1S/C23H30N2/c1-19-22-13-7-6-12-21(22)18-23(20-10-4-2-5-11-20)25(19)17-16-24-14-8-3-9-15-24/h2,4-7,10-13,19,23H,3,8-9,14-18H2,1H3. The summed E-state index contributed by atoms with van der Waals surface area (Å²) in [5.41, 5.74) is 4.51. The summed E-state index contributed by atoms with van der Waals surface area (Å²) in [6.45, 7) is 7.33. The largest absolute Gasteiger partial charge is 0.302 e. The summed E-state index contributed by atoms with van der Waals surface area (Å²) < 4.78 is 0. The van der Waals surface area contributed by atoms with Gasteiger partial charge in [-0.05, 0) is 56.0 Å². The van der Waals surface area contributed by atoms with Crippen LogP contribution < -0.4 is 0 Å². The lowest BCUT2D eigenvalue weighted by Crippen LogP contribution is -2.43. The zero-order valence-corrected chi connectivity index (χ0v) is 15.4. The molecule has 1 fully saturated rings. The van der Waals surface area contributed by atoms with Crippen molar-refractivity contribution in [1.29, 1.82) is 0 Å². The van der Waals surface area contributed by atoms with Gasteiger partial charge in [-0.1, -0.05) is 61.0 Å². The summed E-state index contributed by atoms with van der Waals surface area (Å²) in [6, 6.07) is 21.1. The average Bonchev–Trinajstić information content (AvgIpc) is 2.69. The lowest BCUT2D eigenvalue weighted by Gasteiger charge is -2.43. The molecule has 0 bridgehead atoms. The summed E-state index contributed by atoms with van der Waals surface area (Å²) in [6.07, 6.45) is 5.29. The highest BCUT2D eigenvalue weighted by Crippen LogP contribution is 2.39. The molecule has 132 valence electrons. The van der Waals surface area contributed by atoms with Crippen LogP contribution in [0.4, 0.5) is 0 Å². The van der Waals surface area contributed by atoms with Crippen LogP contribution in [0.25, 0.3) is 0 Å². The topological polar surface area (TPSA) is 6.48 Å². The van der Waals surface area contributed by atoms with Gasteiger partial charge in [0.1, 0.15) is 0 Å². The minimum Gasteiger partial charge on any atom is -0.302 e. The first-order valence-electron chi connectivity index (χ1n) is 9.94. The number of nitrogens with zero attached hydrogens (tertiary/aromatic N) is 2. The van der Waals surface area contributed by atoms with Crippen molar-refractivity contribution in [3.63, 3.8) is 0 Å². The van der Waals surface area contributed by atoms with Gasteiger partial charge < -0.3 is 4.90 Å². The monoisotopic (exact) mass is 334 g/mol. The van der Waals surface area contributed by atoms with E-state index < -0.39 is 0 Å². The second kappa shape index (κ2) is 7.72. The molecule has 2 aromatic rings. The molecule has 25 heavy (non-hydrogen) atoms. The number of hydrogen-bond acceptors (Lipinski definition) is 2. The smallest absolute Gasteiger partial charge is 0.0395 e. The predicted molar refractivity (Wildman–Crippen MR) is 105 cm³/mol. The molecule has 0 saturated carbocycles. The van der Waals surface area contributed by atoms with Crippen LogP contribution in [-0.2, 0) is 6.42 Å². The Bertz CT molecular complexity index is 676. The third-order valence-corrected chi connectivity index (χ3v) is 6.12. The lowest BCUT2D eigenvalue weighted by atomic mass is 9.86. The quantitative estimate of drug-likeness (QED) is 0.790. The van der Waals surface area contributed by atoms with Gasteiger partial charge in [0.05, 0.1) is 0 Å². The van der Waals surface area contributed by atoms with Gasteiger partial charge in [0.2, 0.25) is 0 Å². The fourth-order valence-electron chi connectivity index (χ4n) is 4.68. The van der Waals surface area contributed by atoms with E-state index in [9.17, 15) is 0 Å². The first kappa shape index (κ1) is 16.8. The van der Waals surface area contributed by atoms with Gasteiger partial charge in [0, 0.05) is 25.2 Å². The number of hydrogen-bond donors (Lipinski definition) is 0. The van der Waals surface area contributed by atoms with Crippen molar-refractivity contribution in [2.45, 2.75) is 44.7 Å². The van der Waals surface area contributed by atoms with Crippen molar-refractivity contribution in [1.82, 2.24) is 9.80 Å². The van der Waals surface area contributed by atoms with E-state index in [0.717, 1.165) is 13.0 Å². The van der Waals surface area contributed by atoms with E-state index in [-0.39, 0.29) is 0 Å². The van der Waals surface area contributed by atoms with Gasteiger partial charge in [0.25, 0.3) is 0 Å². The number of piperidine rings is 1. The number of fused-ring (bicyclic) bond motifs is 1. The van der Waals surface area contributed by atoms with Gasteiger partial charge in [0.15, 0.2) is 0 Å². The molecule has 2 heteroatoms. The molecule has 2 aliphatic rings. The van der Waals surface area contributed by atoms with Crippen molar-refractivity contribution in [3.8, 4) is 0 Å². The fraction of sp³-hybridized carbons (Fsp3) is 0.478. The van der Waals surface area contributed by atoms with Crippen molar-refractivity contribution in [2.75, 3.05) is 26.2 Å². The third-order valence-electron chi connectivity index (χ3n) is 6.12. The molecule has 2 aromatic carbocycles. The highest BCUT2D eigenvalue weighted by atomic mass is 15.2. The Morgan fingerprint density at radius 1 is 0.840 bits per heavy atom. The van der Waals surface area contributed by atoms with E-state index in [1.54, 1.807) is 0 Å². The molecule has 2 nitrogen and oxygen atoms in total. The maximum atomic E-state index is 2.74. The minimum absolute atomic E-state index is 0.486. The van der Waals surface area contributed by atoms with Crippen LogP contribution in [0, 0.1) is 0 Å². The first-order chi connectivity index (χ1) is 12.3. The highest BCUT2D eigenvalue weighted by Gasteiger charge is 2.32. The minimum atomic E-state index is 0.486. The van der Waals surface area contributed by atoms with Crippen LogP contribution in [0.3, 0.4) is 0 Å². The molecule has 1 saturated heterocycles. The summed E-state index contributed by atoms with van der Waals surface area (Å²) in [5.74, 6) is 0. The zero-order valence-electron chi connectivity index (χ0n) is 15.4. The fourth-order valence-corrected chi connectivity index (χ4v) is 4.68. The van der Waals surface area contributed by atoms with Crippen LogP contribution in [0.5, 0.6) is 0 Å². The van der Waals surface area contributed by atoms with Crippen molar-refractivity contribution >= 4 is 0 Å². The summed E-state index contributed by atoms with van der Waals surface area (Å²) in [4.78, 5) is 5.41. The molecule has 0 spiro atoms. The number of likely N-dealkylation sites (tertiary alicyclic amines) is 1. The molecular weight excluding hydrogens is 304 g/mol. The molecule has 0 N–H and O–H groups in total. The molecular formula is C23H30N2. The Labute approximate surface area is 152 Å². The van der Waals surface area contributed by atoms with Crippen LogP contribution >= 0.6 is 0 Å². The molecule has 0 aromatic heterocycles. The molecule has 0 amide bonds. The molecule has 2 atom stereocenters. The maximum absolute atomic E-state index is 2.74. The Balaban J connectivity index is 1.58. The van der Waals surface area contributed by atoms with Gasteiger partial charge >= 0.3 is 0 Å². The first-order valence-corrected chi connectivity index (χ1v) is 9.94. The SMILES string of the molecule is CC1c2ccccc2CC(c2ccccc2)N1CCN1CCCCC1. The van der Waals surface area contributed by atoms with E-state index in [0.29, 0.717) is 12.1 Å². The van der Waals surface area contributed by atoms with Crippen LogP contribution in [0.2, 0.25) is 0 Å². The van der Waals surface area contributed by atoms with E-state index in [1.807, 2.05) is 0 Å². The number of rotatable bonds is 4. The van der Waals surface area contributed by atoms with Crippen molar-refractivity contribution < 1.29 is 0 Å². The summed E-state index contributed by atoms with van der Waals surface area (Å²) in [7, 11) is 0. The van der Waals surface area contributed by atoms with E-state index >= 15 is 0 Å². The second-order valence-corrected chi connectivity index (χ2v) is 7.65. The Hall–Kier alpha value is -1.64. The Morgan fingerprint density at radius 2 is 1.56 bits per heavy atom. The van der Waals surface area contributed by atoms with E-state index in [4.69, 9.17) is 0 Å². The highest BCUT2D eigenvalue weighted by molar-refractivity contribution is 5.35. The molecule has 2 heterocycles. The molecule has 2 aliphatic heterocycles. The normalized spacial score (nSPS) is 24.8. The van der Waals surface area contributed by atoms with Crippen LogP contribution in [0.1, 0.15) is 55.0 Å². The van der Waals surface area contributed by atoms with E-state index in [1.165, 1.54) is 55.6 Å². The number of benzene rings is 2. The lowest BCUT2D eigenvalue weighted by molar-refractivity contribution is 0.101. The van der Waals surface area contributed by atoms with Crippen LogP contribution in [0.15, 0.2) is 54.6 Å². The summed E-state index contributed by atoms with van der Waals surface area (Å²) in [5, 5.41) is 0. The van der Waals surface area contributed by atoms with Gasteiger partial charge in [-0.15, -0.1) is 0 Å². The Kier molecular flexibility index (Phi) is 5.19. The maximum Gasteiger partial charge on any atom is 0.0395 e. The van der Waals surface area contributed by atoms with Gasteiger partial charge in [-0.2, -0.15) is 0 Å². The second-order valence-electron chi connectivity index (χ2n) is 7.65. The van der Waals surface area contributed by atoms with Crippen molar-refractivity contribution in [3.05, 3.63) is 71.3 Å². The Morgan fingerprint density at radius 3 is 2.36 bits per heavy atom. The van der Waals surface area contributed by atoms with Crippen LogP contribution in [-0.4, -0.2) is 36.0 Å². The zero-order chi connectivity index (χ0) is 17.1. The van der Waals surface area contributed by atoms with Gasteiger partial charge in [-0.3, -0.25) is 4.90 Å². The third kappa shape index (κ3) is 3.65. The summed E-state index contributed by atoms with van der Waals surface area (Å²) >= 11 is 0. The predicted octanol–water partition coefficient (Wildman–Crippen LogP) is 4.83. The molecule has 4 rings (SSSR count). The van der Waals surface area contributed by atoms with E-state index in [2.05, 4.69) is 71.3 Å². The molecule has 2 unspecified atom stereocenters. The molecule has 0 aliphatic carbocycles. The van der Waals surface area contributed by atoms with Gasteiger partial charge in [-0.25, -0.2) is 0 Å². The average molecular weight is 335 g/mol.